The molecule has 0 unspecified atom stereocenters. The van der Waals surface area contributed by atoms with Gasteiger partial charge in [0, 0.05) is 13.2 Å². The first-order valence-electron chi connectivity index (χ1n) is 3.77. The van der Waals surface area contributed by atoms with Crippen molar-refractivity contribution in [2.45, 2.75) is 6.61 Å². The van der Waals surface area contributed by atoms with Crippen molar-refractivity contribution in [3.8, 4) is 6.07 Å². The number of anilines is 1. The van der Waals surface area contributed by atoms with Gasteiger partial charge >= 0.3 is 0 Å². The van der Waals surface area contributed by atoms with Crippen LogP contribution in [0.4, 0.5) is 5.82 Å². The predicted molar refractivity (Wildman–Crippen MR) is 46.8 cm³/mol. The zero-order chi connectivity index (χ0) is 9.52. The van der Waals surface area contributed by atoms with Crippen molar-refractivity contribution in [1.82, 2.24) is 9.97 Å². The first-order chi connectivity index (χ1) is 6.36. The van der Waals surface area contributed by atoms with Gasteiger partial charge in [-0.3, -0.25) is 0 Å². The first-order valence-corrected chi connectivity index (χ1v) is 3.77. The first kappa shape index (κ1) is 9.42. The molecular formula is C8H10N4O. The van der Waals surface area contributed by atoms with E-state index in [1.807, 2.05) is 6.07 Å². The lowest BCUT2D eigenvalue weighted by molar-refractivity contribution is 0.181. The molecule has 0 aliphatic carbocycles. The van der Waals surface area contributed by atoms with Crippen molar-refractivity contribution in [1.29, 1.82) is 5.26 Å². The van der Waals surface area contributed by atoms with Crippen molar-refractivity contribution < 1.29 is 4.74 Å². The highest BCUT2D eigenvalue weighted by Crippen LogP contribution is 2.03. The molecule has 1 rings (SSSR count). The summed E-state index contributed by atoms with van der Waals surface area (Å²) in [6, 6.07) is 3.72. The van der Waals surface area contributed by atoms with Gasteiger partial charge in [-0.05, 0) is 0 Å². The molecule has 0 saturated carbocycles. The zero-order valence-electron chi connectivity index (χ0n) is 7.32. The van der Waals surface area contributed by atoms with Crippen LogP contribution in [0, 0.1) is 11.3 Å². The Kier molecular flexibility index (Phi) is 3.67. The summed E-state index contributed by atoms with van der Waals surface area (Å²) in [5, 5.41) is 11.1. The van der Waals surface area contributed by atoms with E-state index in [2.05, 4.69) is 15.3 Å². The highest BCUT2D eigenvalue weighted by Gasteiger charge is 1.96. The largest absolute Gasteiger partial charge is 0.378 e. The van der Waals surface area contributed by atoms with Gasteiger partial charge in [0.15, 0.2) is 0 Å². The lowest BCUT2D eigenvalue weighted by atomic mass is 10.4. The molecule has 68 valence electrons. The Morgan fingerprint density at radius 2 is 2.46 bits per heavy atom. The average Bonchev–Trinajstić information content (AvgIpc) is 2.16. The van der Waals surface area contributed by atoms with Crippen molar-refractivity contribution in [2.24, 2.45) is 0 Å². The number of nitrogens with zero attached hydrogens (tertiary/aromatic N) is 3. The van der Waals surface area contributed by atoms with Gasteiger partial charge in [-0.2, -0.15) is 5.26 Å². The number of nitriles is 1. The molecule has 1 heterocycles. The molecule has 0 saturated heterocycles. The quantitative estimate of drug-likeness (QED) is 0.682. The van der Waals surface area contributed by atoms with Gasteiger partial charge in [0.25, 0.3) is 0 Å². The lowest BCUT2D eigenvalue weighted by Gasteiger charge is -2.02. The third-order valence-electron chi connectivity index (χ3n) is 1.36. The van der Waals surface area contributed by atoms with Gasteiger partial charge in [0.05, 0.1) is 18.4 Å². The van der Waals surface area contributed by atoms with Crippen LogP contribution in [-0.2, 0) is 11.3 Å². The highest BCUT2D eigenvalue weighted by atomic mass is 16.5. The van der Waals surface area contributed by atoms with Gasteiger partial charge in [0.1, 0.15) is 18.7 Å². The molecule has 0 aromatic carbocycles. The van der Waals surface area contributed by atoms with E-state index in [0.717, 1.165) is 5.69 Å². The summed E-state index contributed by atoms with van der Waals surface area (Å²) in [5.41, 5.74) is 0.790. The van der Waals surface area contributed by atoms with Crippen LogP contribution < -0.4 is 5.32 Å². The number of ether oxygens (including phenoxy) is 1. The van der Waals surface area contributed by atoms with Crippen LogP contribution in [0.3, 0.4) is 0 Å². The van der Waals surface area contributed by atoms with Gasteiger partial charge in [-0.15, -0.1) is 0 Å². The third-order valence-corrected chi connectivity index (χ3v) is 1.36. The topological polar surface area (TPSA) is 70.8 Å². The number of hydrogen-bond donors (Lipinski definition) is 1. The van der Waals surface area contributed by atoms with Crippen LogP contribution in [0.5, 0.6) is 0 Å². The Morgan fingerprint density at radius 1 is 1.62 bits per heavy atom. The fourth-order valence-corrected chi connectivity index (χ4v) is 0.851. The van der Waals surface area contributed by atoms with E-state index in [-0.39, 0.29) is 6.54 Å². The minimum absolute atomic E-state index is 0.240. The predicted octanol–water partition coefficient (Wildman–Crippen LogP) is 0.558. The number of hydrogen-bond acceptors (Lipinski definition) is 5. The highest BCUT2D eigenvalue weighted by molar-refractivity contribution is 5.35. The second-order valence-corrected chi connectivity index (χ2v) is 2.34. The maximum atomic E-state index is 8.32. The van der Waals surface area contributed by atoms with Gasteiger partial charge in [-0.25, -0.2) is 9.97 Å². The molecule has 0 amide bonds. The molecule has 1 aromatic rings. The number of rotatable bonds is 4. The maximum absolute atomic E-state index is 8.32. The number of methoxy groups -OCH3 is 1. The van der Waals surface area contributed by atoms with Gasteiger partial charge in [-0.1, -0.05) is 0 Å². The molecule has 0 spiro atoms. The van der Waals surface area contributed by atoms with Crippen molar-refractivity contribution in [3.63, 3.8) is 0 Å². The van der Waals surface area contributed by atoms with E-state index in [1.54, 1.807) is 13.2 Å². The maximum Gasteiger partial charge on any atom is 0.130 e. The SMILES string of the molecule is COCc1cc(NCC#N)ncn1. The summed E-state index contributed by atoms with van der Waals surface area (Å²) in [6.07, 6.45) is 1.44. The standard InChI is InChI=1S/C8H10N4O/c1-13-5-7-4-8(10-3-2-9)12-6-11-7/h4,6H,3,5H2,1H3,(H,10,11,12). The summed E-state index contributed by atoms with van der Waals surface area (Å²) in [4.78, 5) is 7.91. The number of nitrogens with one attached hydrogen (secondary N) is 1. The minimum atomic E-state index is 0.240. The summed E-state index contributed by atoms with van der Waals surface area (Å²) < 4.78 is 4.90. The summed E-state index contributed by atoms with van der Waals surface area (Å²) in [5.74, 6) is 0.642. The lowest BCUT2D eigenvalue weighted by Crippen LogP contribution is -2.02. The molecule has 0 bridgehead atoms. The third kappa shape index (κ3) is 3.05. The summed E-state index contributed by atoms with van der Waals surface area (Å²) in [7, 11) is 1.60. The molecule has 13 heavy (non-hydrogen) atoms. The van der Waals surface area contributed by atoms with Crippen LogP contribution >= 0.6 is 0 Å². The molecule has 5 nitrogen and oxygen atoms in total. The fraction of sp³-hybridized carbons (Fsp3) is 0.375. The number of aromatic nitrogens is 2. The molecule has 1 N–H and O–H groups in total. The van der Waals surface area contributed by atoms with E-state index >= 15 is 0 Å². The molecule has 1 aromatic heterocycles. The summed E-state index contributed by atoms with van der Waals surface area (Å²) >= 11 is 0. The monoisotopic (exact) mass is 178 g/mol. The second-order valence-electron chi connectivity index (χ2n) is 2.34. The van der Waals surface area contributed by atoms with E-state index < -0.39 is 0 Å². The Labute approximate surface area is 76.4 Å². The fourth-order valence-electron chi connectivity index (χ4n) is 0.851. The molecule has 0 radical (unpaired) electrons. The second kappa shape index (κ2) is 5.06. The van der Waals surface area contributed by atoms with E-state index in [1.165, 1.54) is 6.33 Å². The van der Waals surface area contributed by atoms with Crippen molar-refractivity contribution in [2.75, 3.05) is 19.0 Å². The molecule has 0 aliphatic heterocycles. The van der Waals surface area contributed by atoms with Crippen LogP contribution in [0.25, 0.3) is 0 Å². The minimum Gasteiger partial charge on any atom is -0.378 e. The van der Waals surface area contributed by atoms with Crippen LogP contribution in [0.1, 0.15) is 5.69 Å². The molecule has 0 fully saturated rings. The van der Waals surface area contributed by atoms with Gasteiger partial charge in [0.2, 0.25) is 0 Å². The smallest absolute Gasteiger partial charge is 0.130 e. The molecular weight excluding hydrogens is 168 g/mol. The Balaban J connectivity index is 2.63. The molecule has 0 atom stereocenters. The van der Waals surface area contributed by atoms with Crippen LogP contribution in [0.15, 0.2) is 12.4 Å². The Bertz CT molecular complexity index is 307. The summed E-state index contributed by atoms with van der Waals surface area (Å²) in [6.45, 7) is 0.688. The molecule has 5 heteroatoms. The van der Waals surface area contributed by atoms with Crippen LogP contribution in [-0.4, -0.2) is 23.6 Å². The van der Waals surface area contributed by atoms with E-state index in [9.17, 15) is 0 Å². The van der Waals surface area contributed by atoms with E-state index in [4.69, 9.17) is 10.00 Å². The Morgan fingerprint density at radius 3 is 3.15 bits per heavy atom. The Hall–Kier alpha value is -1.67. The van der Waals surface area contributed by atoms with Crippen LogP contribution in [0.2, 0.25) is 0 Å². The molecule has 0 aliphatic rings. The van der Waals surface area contributed by atoms with Gasteiger partial charge < -0.3 is 10.1 Å². The normalized spacial score (nSPS) is 9.23. The van der Waals surface area contributed by atoms with Crippen molar-refractivity contribution in [3.05, 3.63) is 18.1 Å². The zero-order valence-corrected chi connectivity index (χ0v) is 7.32. The average molecular weight is 178 g/mol. The van der Waals surface area contributed by atoms with Crippen molar-refractivity contribution >= 4 is 5.82 Å². The van der Waals surface area contributed by atoms with E-state index in [0.29, 0.717) is 12.4 Å².